The first-order valence-electron chi connectivity index (χ1n) is 10.5. The largest absolute Gasteiger partial charge is 0.495 e. The number of aryl methyl sites for hydroxylation is 2. The van der Waals surface area contributed by atoms with Gasteiger partial charge in [0.05, 0.1) is 12.8 Å². The van der Waals surface area contributed by atoms with Gasteiger partial charge in [-0.25, -0.2) is 8.42 Å². The Labute approximate surface area is 201 Å². The molecule has 0 unspecified atom stereocenters. The van der Waals surface area contributed by atoms with Crippen LogP contribution in [0, 0.1) is 13.8 Å². The van der Waals surface area contributed by atoms with E-state index in [1.165, 1.54) is 49.0 Å². The molecule has 0 aliphatic rings. The van der Waals surface area contributed by atoms with Crippen LogP contribution in [0.25, 0.3) is 16.9 Å². The summed E-state index contributed by atoms with van der Waals surface area (Å²) in [5.74, 6) is 0.345. The summed E-state index contributed by atoms with van der Waals surface area (Å²) in [5, 5.41) is 8.27. The van der Waals surface area contributed by atoms with Gasteiger partial charge in [0.15, 0.2) is 11.5 Å². The number of nitrogens with one attached hydrogen (secondary N) is 1. The van der Waals surface area contributed by atoms with Crippen molar-refractivity contribution in [1.82, 2.24) is 14.9 Å². The van der Waals surface area contributed by atoms with Gasteiger partial charge in [0.2, 0.25) is 0 Å². The Bertz CT molecular complexity index is 1580. The van der Waals surface area contributed by atoms with Gasteiger partial charge in [-0.1, -0.05) is 17.3 Å². The predicted octanol–water partition coefficient (Wildman–Crippen LogP) is 3.52. The molecule has 2 aromatic heterocycles. The quantitative estimate of drug-likeness (QED) is 0.386. The van der Waals surface area contributed by atoms with Crippen molar-refractivity contribution in [3.63, 3.8) is 0 Å². The maximum Gasteiger partial charge on any atom is 0.271 e. The summed E-state index contributed by atoms with van der Waals surface area (Å²) in [6.07, 6.45) is 0. The van der Waals surface area contributed by atoms with E-state index in [0.717, 1.165) is 0 Å². The summed E-state index contributed by atoms with van der Waals surface area (Å²) >= 11 is 0. The molecule has 2 aromatic carbocycles. The van der Waals surface area contributed by atoms with Crippen LogP contribution < -0.4 is 15.0 Å². The fraction of sp³-hybridized carbons (Fsp3) is 0.167. The molecule has 0 bridgehead atoms. The molecule has 2 heterocycles. The number of ketones is 1. The van der Waals surface area contributed by atoms with Gasteiger partial charge in [-0.2, -0.15) is 9.78 Å². The molecule has 0 aliphatic heterocycles. The van der Waals surface area contributed by atoms with Gasteiger partial charge < -0.3 is 9.26 Å². The second-order valence-corrected chi connectivity index (χ2v) is 9.40. The van der Waals surface area contributed by atoms with E-state index in [4.69, 9.17) is 9.26 Å². The Morgan fingerprint density at radius 3 is 2.51 bits per heavy atom. The molecule has 35 heavy (non-hydrogen) atoms. The lowest BCUT2D eigenvalue weighted by Gasteiger charge is -2.14. The molecule has 0 amide bonds. The average molecular weight is 495 g/mol. The van der Waals surface area contributed by atoms with Gasteiger partial charge in [-0.15, -0.1) is 0 Å². The van der Waals surface area contributed by atoms with Crippen LogP contribution in [0.15, 0.2) is 68.8 Å². The molecule has 0 spiro atoms. The number of methoxy groups -OCH3 is 1. The van der Waals surface area contributed by atoms with Crippen LogP contribution in [-0.4, -0.2) is 36.2 Å². The number of hydrogen-bond acceptors (Lipinski definition) is 8. The minimum Gasteiger partial charge on any atom is -0.495 e. The van der Waals surface area contributed by atoms with E-state index in [1.54, 1.807) is 38.1 Å². The Morgan fingerprint density at radius 2 is 1.86 bits per heavy atom. The maximum atomic E-state index is 13.3. The van der Waals surface area contributed by atoms with E-state index in [-0.39, 0.29) is 22.1 Å². The molecule has 4 rings (SSSR count). The minimum atomic E-state index is -4.11. The van der Waals surface area contributed by atoms with Crippen molar-refractivity contribution < 1.29 is 22.5 Å². The number of sulfonamides is 1. The van der Waals surface area contributed by atoms with Crippen LogP contribution >= 0.6 is 0 Å². The molecule has 0 atom stereocenters. The lowest BCUT2D eigenvalue weighted by atomic mass is 10.1. The van der Waals surface area contributed by atoms with Gasteiger partial charge in [0.1, 0.15) is 22.0 Å². The number of benzene rings is 2. The molecular weight excluding hydrogens is 472 g/mol. The fourth-order valence-corrected chi connectivity index (χ4v) is 4.81. The normalized spacial score (nSPS) is 11.3. The standard InChI is InChI=1S/C24H22N4O6S/c1-14-24(16(3)34-26-14)28-23(30)11-9-20(25-28)18-8-10-21(33-4)22(13-18)35(31,32)27-19-7-5-6-17(12-19)15(2)29/h5-13,27H,1-4H3. The monoisotopic (exact) mass is 494 g/mol. The molecule has 10 nitrogen and oxygen atoms in total. The zero-order chi connectivity index (χ0) is 25.3. The zero-order valence-electron chi connectivity index (χ0n) is 19.4. The number of carbonyl (C=O) groups excluding carboxylic acids is 1. The van der Waals surface area contributed by atoms with E-state index in [9.17, 15) is 18.0 Å². The predicted molar refractivity (Wildman–Crippen MR) is 129 cm³/mol. The number of rotatable bonds is 7. The lowest BCUT2D eigenvalue weighted by molar-refractivity contribution is 0.101. The topological polar surface area (TPSA) is 133 Å². The summed E-state index contributed by atoms with van der Waals surface area (Å²) in [7, 11) is -2.75. The molecule has 0 fully saturated rings. The molecular formula is C24H22N4O6S. The zero-order valence-corrected chi connectivity index (χ0v) is 20.2. The Balaban J connectivity index is 1.79. The van der Waals surface area contributed by atoms with Crippen LogP contribution in [0.2, 0.25) is 0 Å². The summed E-state index contributed by atoms with van der Waals surface area (Å²) in [6.45, 7) is 4.76. The van der Waals surface area contributed by atoms with Crippen molar-refractivity contribution in [2.24, 2.45) is 0 Å². The maximum absolute atomic E-state index is 13.3. The van der Waals surface area contributed by atoms with Crippen LogP contribution in [0.1, 0.15) is 28.7 Å². The Hall–Kier alpha value is -4.25. The van der Waals surface area contributed by atoms with Gasteiger partial charge in [0.25, 0.3) is 15.6 Å². The Kier molecular flexibility index (Phi) is 6.27. The number of nitrogens with zero attached hydrogens (tertiary/aromatic N) is 3. The number of carbonyl (C=O) groups is 1. The SMILES string of the molecule is COc1ccc(-c2ccc(=O)n(-c3c(C)noc3C)n2)cc1S(=O)(=O)Nc1cccc(C(C)=O)c1. The first-order chi connectivity index (χ1) is 16.6. The molecule has 180 valence electrons. The highest BCUT2D eigenvalue weighted by Crippen LogP contribution is 2.31. The second-order valence-electron chi connectivity index (χ2n) is 7.75. The van der Waals surface area contributed by atoms with Gasteiger partial charge >= 0.3 is 0 Å². The molecule has 11 heteroatoms. The number of Topliss-reactive ketones (excluding diaryl/α,β-unsaturated/α-hetero) is 1. The van der Waals surface area contributed by atoms with Crippen molar-refractivity contribution in [2.45, 2.75) is 25.7 Å². The third-order valence-electron chi connectivity index (χ3n) is 5.28. The van der Waals surface area contributed by atoms with Crippen molar-refractivity contribution >= 4 is 21.5 Å². The molecule has 0 aliphatic carbocycles. The van der Waals surface area contributed by atoms with Gasteiger partial charge in [-0.05, 0) is 57.2 Å². The number of anilines is 1. The summed E-state index contributed by atoms with van der Waals surface area (Å²) in [4.78, 5) is 24.0. The first kappa shape index (κ1) is 23.9. The van der Waals surface area contributed by atoms with E-state index in [0.29, 0.717) is 34.0 Å². The molecule has 0 radical (unpaired) electrons. The van der Waals surface area contributed by atoms with Crippen molar-refractivity contribution in [1.29, 1.82) is 0 Å². The number of hydrogen-bond donors (Lipinski definition) is 1. The van der Waals surface area contributed by atoms with E-state index >= 15 is 0 Å². The van der Waals surface area contributed by atoms with Crippen LogP contribution in [-0.2, 0) is 10.0 Å². The third-order valence-corrected chi connectivity index (χ3v) is 6.68. The van der Waals surface area contributed by atoms with E-state index < -0.39 is 15.6 Å². The molecule has 1 N–H and O–H groups in total. The Morgan fingerprint density at radius 1 is 1.09 bits per heavy atom. The molecule has 0 saturated heterocycles. The number of ether oxygens (including phenoxy) is 1. The van der Waals surface area contributed by atoms with Crippen molar-refractivity contribution in [3.05, 3.63) is 82.0 Å². The average Bonchev–Trinajstić information content (AvgIpc) is 3.16. The second kappa shape index (κ2) is 9.18. The van der Waals surface area contributed by atoms with Crippen molar-refractivity contribution in [3.8, 4) is 22.7 Å². The fourth-order valence-electron chi connectivity index (χ4n) is 3.56. The van der Waals surface area contributed by atoms with Crippen LogP contribution in [0.5, 0.6) is 5.75 Å². The highest BCUT2D eigenvalue weighted by molar-refractivity contribution is 7.92. The summed E-state index contributed by atoms with van der Waals surface area (Å²) in [5.41, 5.74) is 1.91. The number of aromatic nitrogens is 3. The first-order valence-corrected chi connectivity index (χ1v) is 11.9. The van der Waals surface area contributed by atoms with Gasteiger partial charge in [0, 0.05) is 22.9 Å². The highest BCUT2D eigenvalue weighted by Gasteiger charge is 2.22. The van der Waals surface area contributed by atoms with Crippen molar-refractivity contribution in [2.75, 3.05) is 11.8 Å². The smallest absolute Gasteiger partial charge is 0.271 e. The minimum absolute atomic E-state index is 0.114. The highest BCUT2D eigenvalue weighted by atomic mass is 32.2. The summed E-state index contributed by atoms with van der Waals surface area (Å²) < 4.78 is 40.6. The van der Waals surface area contributed by atoms with Gasteiger partial charge in [-0.3, -0.25) is 14.3 Å². The lowest BCUT2D eigenvalue weighted by Crippen LogP contribution is -2.21. The van der Waals surface area contributed by atoms with Crippen LogP contribution in [0.3, 0.4) is 0 Å². The third kappa shape index (κ3) is 4.71. The molecule has 0 saturated carbocycles. The molecule has 4 aromatic rings. The van der Waals surface area contributed by atoms with Crippen LogP contribution in [0.4, 0.5) is 5.69 Å². The van der Waals surface area contributed by atoms with E-state index in [2.05, 4.69) is 15.0 Å². The van der Waals surface area contributed by atoms with E-state index in [1.807, 2.05) is 0 Å². The summed E-state index contributed by atoms with van der Waals surface area (Å²) in [6, 6.07) is 13.6.